The number of fused-ring (bicyclic) bond motifs is 2. The molecule has 0 spiro atoms. The SMILES string of the molecule is CCOc1cccn2c(C(=O)C[C@@H]3c4ccsc4C[C@H]3C(=O)O)c(C)nc12. The number of hydrogen-bond donors (Lipinski definition) is 1. The Balaban J connectivity index is 1.70. The molecule has 7 heteroatoms. The number of carboxylic acids is 1. The van der Waals surface area contributed by atoms with Gasteiger partial charge in [-0.15, -0.1) is 11.3 Å². The molecule has 0 radical (unpaired) electrons. The molecule has 4 rings (SSSR count). The lowest BCUT2D eigenvalue weighted by molar-refractivity contribution is -0.142. The van der Waals surface area contributed by atoms with Crippen LogP contribution in [0, 0.1) is 12.8 Å². The van der Waals surface area contributed by atoms with Crippen molar-refractivity contribution >= 4 is 28.7 Å². The summed E-state index contributed by atoms with van der Waals surface area (Å²) in [6.45, 7) is 4.21. The van der Waals surface area contributed by atoms with Crippen LogP contribution in [0.3, 0.4) is 0 Å². The molecule has 0 fully saturated rings. The first-order chi connectivity index (χ1) is 13.0. The molecule has 3 aromatic rings. The number of ether oxygens (including phenoxy) is 1. The number of carboxylic acid groups (broad SMARTS) is 1. The first kappa shape index (κ1) is 17.7. The van der Waals surface area contributed by atoms with Crippen LogP contribution in [0.5, 0.6) is 5.75 Å². The summed E-state index contributed by atoms with van der Waals surface area (Å²) in [5, 5.41) is 11.6. The maximum atomic E-state index is 13.2. The van der Waals surface area contributed by atoms with Crippen LogP contribution >= 0.6 is 11.3 Å². The molecule has 0 saturated heterocycles. The number of carbonyl (C=O) groups is 2. The van der Waals surface area contributed by atoms with Crippen LogP contribution < -0.4 is 4.74 Å². The molecule has 0 aromatic carbocycles. The average Bonchev–Trinajstić information content (AvgIpc) is 3.29. The van der Waals surface area contributed by atoms with E-state index in [9.17, 15) is 14.7 Å². The quantitative estimate of drug-likeness (QED) is 0.655. The number of carbonyl (C=O) groups excluding carboxylic acids is 1. The van der Waals surface area contributed by atoms with Gasteiger partial charge in [-0.1, -0.05) is 0 Å². The largest absolute Gasteiger partial charge is 0.490 e. The van der Waals surface area contributed by atoms with E-state index in [-0.39, 0.29) is 18.1 Å². The average molecular weight is 384 g/mol. The van der Waals surface area contributed by atoms with Crippen molar-refractivity contribution < 1.29 is 19.4 Å². The van der Waals surface area contributed by atoms with Crippen molar-refractivity contribution in [3.8, 4) is 5.75 Å². The number of nitrogens with zero attached hydrogens (tertiary/aromatic N) is 2. The first-order valence-corrected chi connectivity index (χ1v) is 9.82. The Bertz CT molecular complexity index is 1040. The van der Waals surface area contributed by atoms with E-state index in [1.807, 2.05) is 30.5 Å². The summed E-state index contributed by atoms with van der Waals surface area (Å²) in [6.07, 6.45) is 2.46. The second-order valence-electron chi connectivity index (χ2n) is 6.73. The number of imidazole rings is 1. The van der Waals surface area contributed by atoms with E-state index in [1.165, 1.54) is 0 Å². The topological polar surface area (TPSA) is 80.9 Å². The lowest BCUT2D eigenvalue weighted by Gasteiger charge is -2.16. The maximum absolute atomic E-state index is 13.2. The Morgan fingerprint density at radius 2 is 2.22 bits per heavy atom. The van der Waals surface area contributed by atoms with Crippen molar-refractivity contribution in [3.05, 3.63) is 51.6 Å². The lowest BCUT2D eigenvalue weighted by Crippen LogP contribution is -2.21. The first-order valence-electron chi connectivity index (χ1n) is 8.94. The number of Topliss-reactive ketones (excluding diaryl/α,β-unsaturated/α-hetero) is 1. The summed E-state index contributed by atoms with van der Waals surface area (Å²) in [6, 6.07) is 5.60. The van der Waals surface area contributed by atoms with Gasteiger partial charge in [0.05, 0.1) is 18.2 Å². The number of thiophene rings is 1. The molecule has 1 N–H and O–H groups in total. The van der Waals surface area contributed by atoms with E-state index in [4.69, 9.17) is 4.74 Å². The van der Waals surface area contributed by atoms with Gasteiger partial charge in [0.1, 0.15) is 5.69 Å². The summed E-state index contributed by atoms with van der Waals surface area (Å²) in [5.74, 6) is -1.15. The number of ketones is 1. The number of hydrogen-bond acceptors (Lipinski definition) is 5. The fraction of sp³-hybridized carbons (Fsp3) is 0.350. The Kier molecular flexibility index (Phi) is 4.47. The fourth-order valence-corrected chi connectivity index (χ4v) is 4.98. The van der Waals surface area contributed by atoms with E-state index in [0.717, 1.165) is 10.4 Å². The van der Waals surface area contributed by atoms with Crippen LogP contribution in [0.1, 0.15) is 45.9 Å². The molecule has 2 atom stereocenters. The van der Waals surface area contributed by atoms with Crippen molar-refractivity contribution in [1.29, 1.82) is 0 Å². The van der Waals surface area contributed by atoms with Crippen molar-refractivity contribution in [1.82, 2.24) is 9.38 Å². The van der Waals surface area contributed by atoms with Gasteiger partial charge in [0.15, 0.2) is 17.2 Å². The standard InChI is InChI=1S/C20H20N2O4S/c1-3-26-16-5-4-7-22-18(11(2)21-19(16)22)15(23)9-13-12-6-8-27-17(12)10-14(13)20(24)25/h4-8,13-14H,3,9-10H2,1-2H3,(H,24,25)/t13-,14-/m1/s1. The summed E-state index contributed by atoms with van der Waals surface area (Å²) in [5.41, 5.74) is 2.74. The Labute approximate surface area is 160 Å². The molecular weight excluding hydrogens is 364 g/mol. The van der Waals surface area contributed by atoms with E-state index >= 15 is 0 Å². The fourth-order valence-electron chi connectivity index (χ4n) is 3.97. The predicted molar refractivity (Wildman–Crippen MR) is 102 cm³/mol. The Morgan fingerprint density at radius 1 is 1.41 bits per heavy atom. The van der Waals surface area contributed by atoms with Gasteiger partial charge >= 0.3 is 5.97 Å². The van der Waals surface area contributed by atoms with E-state index < -0.39 is 11.9 Å². The molecule has 3 heterocycles. The smallest absolute Gasteiger partial charge is 0.307 e. The molecule has 6 nitrogen and oxygen atoms in total. The van der Waals surface area contributed by atoms with Gasteiger partial charge in [0.2, 0.25) is 0 Å². The molecule has 140 valence electrons. The number of aryl methyl sites for hydroxylation is 1. The summed E-state index contributed by atoms with van der Waals surface area (Å²) in [4.78, 5) is 30.5. The third-order valence-electron chi connectivity index (χ3n) is 5.15. The number of pyridine rings is 1. The van der Waals surface area contributed by atoms with Gasteiger partial charge in [-0.3, -0.25) is 14.0 Å². The summed E-state index contributed by atoms with van der Waals surface area (Å²) < 4.78 is 7.37. The number of aliphatic carboxylic acids is 1. The highest BCUT2D eigenvalue weighted by Gasteiger charge is 2.39. The highest BCUT2D eigenvalue weighted by Crippen LogP contribution is 2.43. The molecular formula is C20H20N2O4S. The van der Waals surface area contributed by atoms with Crippen LogP contribution in [-0.4, -0.2) is 32.9 Å². The molecule has 1 aliphatic rings. The van der Waals surface area contributed by atoms with E-state index in [0.29, 0.717) is 35.8 Å². The van der Waals surface area contributed by atoms with Gasteiger partial charge in [-0.25, -0.2) is 4.98 Å². The molecule has 3 aromatic heterocycles. The molecule has 0 saturated carbocycles. The minimum Gasteiger partial charge on any atom is -0.490 e. The third-order valence-corrected chi connectivity index (χ3v) is 6.10. The molecule has 27 heavy (non-hydrogen) atoms. The van der Waals surface area contributed by atoms with Crippen LogP contribution in [0.25, 0.3) is 5.65 Å². The lowest BCUT2D eigenvalue weighted by atomic mass is 9.87. The van der Waals surface area contributed by atoms with E-state index in [1.54, 1.807) is 28.9 Å². The van der Waals surface area contributed by atoms with Crippen LogP contribution in [0.4, 0.5) is 0 Å². The third kappa shape index (κ3) is 2.92. The van der Waals surface area contributed by atoms with Crippen molar-refractivity contribution in [2.75, 3.05) is 6.61 Å². The van der Waals surface area contributed by atoms with Gasteiger partial charge in [-0.05, 0) is 49.4 Å². The summed E-state index contributed by atoms with van der Waals surface area (Å²) >= 11 is 1.57. The molecule has 0 aliphatic heterocycles. The van der Waals surface area contributed by atoms with Crippen LogP contribution in [0.2, 0.25) is 0 Å². The summed E-state index contributed by atoms with van der Waals surface area (Å²) in [7, 11) is 0. The van der Waals surface area contributed by atoms with Gasteiger partial charge in [0, 0.05) is 23.4 Å². The maximum Gasteiger partial charge on any atom is 0.307 e. The zero-order valence-corrected chi connectivity index (χ0v) is 16.0. The minimum atomic E-state index is -0.843. The van der Waals surface area contributed by atoms with Gasteiger partial charge < -0.3 is 9.84 Å². The zero-order valence-electron chi connectivity index (χ0n) is 15.1. The van der Waals surface area contributed by atoms with Gasteiger partial charge in [0.25, 0.3) is 0 Å². The van der Waals surface area contributed by atoms with Crippen molar-refractivity contribution in [2.45, 2.75) is 32.6 Å². The normalized spacial score (nSPS) is 18.6. The second-order valence-corrected chi connectivity index (χ2v) is 7.73. The number of aromatic nitrogens is 2. The monoisotopic (exact) mass is 384 g/mol. The number of rotatable bonds is 6. The molecule has 0 unspecified atom stereocenters. The predicted octanol–water partition coefficient (Wildman–Crippen LogP) is 3.72. The minimum absolute atomic E-state index is 0.0936. The van der Waals surface area contributed by atoms with Crippen molar-refractivity contribution in [2.24, 2.45) is 5.92 Å². The second kappa shape index (κ2) is 6.81. The molecule has 0 bridgehead atoms. The highest BCUT2D eigenvalue weighted by atomic mass is 32.1. The van der Waals surface area contributed by atoms with Crippen LogP contribution in [0.15, 0.2) is 29.8 Å². The zero-order chi connectivity index (χ0) is 19.1. The van der Waals surface area contributed by atoms with Gasteiger partial charge in [-0.2, -0.15) is 0 Å². The Hall–Kier alpha value is -2.67. The molecule has 0 amide bonds. The van der Waals surface area contributed by atoms with Crippen LogP contribution in [-0.2, 0) is 11.2 Å². The molecule has 1 aliphatic carbocycles. The van der Waals surface area contributed by atoms with E-state index in [2.05, 4.69) is 4.98 Å². The highest BCUT2D eigenvalue weighted by molar-refractivity contribution is 7.10. The van der Waals surface area contributed by atoms with Crippen molar-refractivity contribution in [3.63, 3.8) is 0 Å². The Morgan fingerprint density at radius 3 is 2.96 bits per heavy atom.